The third-order valence-corrected chi connectivity index (χ3v) is 4.68. The first-order valence-corrected chi connectivity index (χ1v) is 8.91. The highest BCUT2D eigenvalue weighted by molar-refractivity contribution is 5.71. The molecule has 24 heavy (non-hydrogen) atoms. The number of hydrogen-bond acceptors (Lipinski definition) is 6. The lowest BCUT2D eigenvalue weighted by molar-refractivity contribution is 0.169. The van der Waals surface area contributed by atoms with Crippen molar-refractivity contribution in [3.8, 4) is 0 Å². The quantitative estimate of drug-likeness (QED) is 0.617. The summed E-state index contributed by atoms with van der Waals surface area (Å²) in [6.45, 7) is 7.96. The van der Waals surface area contributed by atoms with Gasteiger partial charge in [-0.2, -0.15) is 0 Å². The zero-order valence-corrected chi connectivity index (χ0v) is 14.7. The van der Waals surface area contributed by atoms with E-state index in [2.05, 4.69) is 39.9 Å². The van der Waals surface area contributed by atoms with E-state index in [9.17, 15) is 5.11 Å². The summed E-state index contributed by atoms with van der Waals surface area (Å²) in [5.41, 5.74) is 2.92. The van der Waals surface area contributed by atoms with Crippen LogP contribution in [0.15, 0.2) is 12.3 Å². The first-order chi connectivity index (χ1) is 11.6. The van der Waals surface area contributed by atoms with Gasteiger partial charge in [0.1, 0.15) is 5.82 Å². The number of imidazole rings is 1. The molecule has 2 aromatic rings. The second-order valence-corrected chi connectivity index (χ2v) is 6.52. The predicted octanol–water partition coefficient (Wildman–Crippen LogP) is 1.64. The van der Waals surface area contributed by atoms with Crippen LogP contribution in [0.5, 0.6) is 0 Å². The summed E-state index contributed by atoms with van der Waals surface area (Å²) in [5.74, 6) is 0.761. The smallest absolute Gasteiger partial charge is 0.177 e. The van der Waals surface area contributed by atoms with Gasteiger partial charge in [-0.1, -0.05) is 13.8 Å². The van der Waals surface area contributed by atoms with Crippen LogP contribution in [0.25, 0.3) is 5.65 Å². The molecular formula is C17H28N6O. The molecule has 0 bridgehead atoms. The Kier molecular flexibility index (Phi) is 5.20. The number of nitrogens with one attached hydrogen (secondary N) is 3. The van der Waals surface area contributed by atoms with Crippen LogP contribution in [0.2, 0.25) is 0 Å². The molecule has 3 heterocycles. The number of aromatic nitrogens is 3. The van der Waals surface area contributed by atoms with Gasteiger partial charge in [-0.05, 0) is 32.7 Å². The Hall–Kier alpha value is -1.86. The molecule has 0 spiro atoms. The average molecular weight is 332 g/mol. The second-order valence-electron chi connectivity index (χ2n) is 6.52. The van der Waals surface area contributed by atoms with Gasteiger partial charge >= 0.3 is 0 Å². The number of rotatable bonds is 7. The minimum Gasteiger partial charge on any atom is -0.391 e. The van der Waals surface area contributed by atoms with E-state index in [0.29, 0.717) is 6.04 Å². The minimum absolute atomic E-state index is 0.0236. The second kappa shape index (κ2) is 7.36. The molecule has 1 saturated heterocycles. The van der Waals surface area contributed by atoms with Gasteiger partial charge in [-0.25, -0.2) is 9.50 Å². The maximum absolute atomic E-state index is 9.91. The fourth-order valence-corrected chi connectivity index (χ4v) is 3.18. The highest BCUT2D eigenvalue weighted by atomic mass is 16.3. The van der Waals surface area contributed by atoms with Crippen molar-refractivity contribution in [1.29, 1.82) is 0 Å². The highest BCUT2D eigenvalue weighted by Crippen LogP contribution is 2.23. The van der Waals surface area contributed by atoms with Gasteiger partial charge in [-0.15, -0.1) is 5.10 Å². The maximum atomic E-state index is 9.91. The Morgan fingerprint density at radius 1 is 1.46 bits per heavy atom. The van der Waals surface area contributed by atoms with E-state index in [1.54, 1.807) is 6.92 Å². The molecule has 132 valence electrons. The maximum Gasteiger partial charge on any atom is 0.177 e. The lowest BCUT2D eigenvalue weighted by Crippen LogP contribution is -2.31. The van der Waals surface area contributed by atoms with E-state index in [1.807, 2.05) is 16.8 Å². The van der Waals surface area contributed by atoms with Crippen molar-refractivity contribution < 1.29 is 5.11 Å². The summed E-state index contributed by atoms with van der Waals surface area (Å²) in [7, 11) is 0. The van der Waals surface area contributed by atoms with E-state index < -0.39 is 6.10 Å². The molecule has 7 nitrogen and oxygen atoms in total. The number of fused-ring (bicyclic) bond motifs is 1. The van der Waals surface area contributed by atoms with Crippen molar-refractivity contribution in [2.75, 3.05) is 23.7 Å². The molecule has 1 aliphatic heterocycles. The van der Waals surface area contributed by atoms with Crippen molar-refractivity contribution >= 4 is 17.2 Å². The van der Waals surface area contributed by atoms with Crippen LogP contribution in [-0.4, -0.2) is 51.0 Å². The molecule has 0 saturated carbocycles. The molecule has 3 atom stereocenters. The Balaban J connectivity index is 1.96. The van der Waals surface area contributed by atoms with Crippen LogP contribution >= 0.6 is 0 Å². The van der Waals surface area contributed by atoms with Gasteiger partial charge in [0.25, 0.3) is 0 Å². The van der Waals surface area contributed by atoms with Crippen molar-refractivity contribution in [2.24, 2.45) is 0 Å². The van der Waals surface area contributed by atoms with Crippen molar-refractivity contribution in [3.05, 3.63) is 18.0 Å². The number of aliphatic hydroxyl groups is 1. The summed E-state index contributed by atoms with van der Waals surface area (Å²) in [6, 6.07) is 2.39. The van der Waals surface area contributed by atoms with Crippen molar-refractivity contribution in [3.63, 3.8) is 0 Å². The van der Waals surface area contributed by atoms with E-state index in [1.165, 1.54) is 0 Å². The van der Waals surface area contributed by atoms with E-state index in [-0.39, 0.29) is 6.04 Å². The molecular weight excluding hydrogens is 304 g/mol. The summed E-state index contributed by atoms with van der Waals surface area (Å²) < 4.78 is 1.90. The molecule has 2 aromatic heterocycles. The van der Waals surface area contributed by atoms with Crippen molar-refractivity contribution in [1.82, 2.24) is 19.9 Å². The first-order valence-electron chi connectivity index (χ1n) is 8.91. The number of hydrogen-bond donors (Lipinski definition) is 4. The Morgan fingerprint density at radius 3 is 2.92 bits per heavy atom. The predicted molar refractivity (Wildman–Crippen MR) is 96.6 cm³/mol. The summed E-state index contributed by atoms with van der Waals surface area (Å²) >= 11 is 0. The Labute approximate surface area is 142 Å². The van der Waals surface area contributed by atoms with E-state index in [4.69, 9.17) is 0 Å². The van der Waals surface area contributed by atoms with Crippen LogP contribution < -0.4 is 16.0 Å². The molecule has 1 aliphatic rings. The standard InChI is InChI=1S/C17H28N6O/c1-4-13-10-19-17-15(20-12-6-7-18-9-12)8-16(22-23(13)17)21-14(5-2)11(3)24/h8,10-12,14,18,20,24H,4-7,9H2,1-3H3,(H,21,22)/t11-,12+,14+/m1/s1. The topological polar surface area (TPSA) is 86.5 Å². The summed E-state index contributed by atoms with van der Waals surface area (Å²) in [5, 5.41) is 24.9. The Morgan fingerprint density at radius 2 is 2.29 bits per heavy atom. The lowest BCUT2D eigenvalue weighted by atomic mass is 10.1. The van der Waals surface area contributed by atoms with Gasteiger partial charge in [0.05, 0.1) is 29.7 Å². The van der Waals surface area contributed by atoms with Crippen LogP contribution in [0.1, 0.15) is 39.3 Å². The molecule has 0 radical (unpaired) electrons. The number of aliphatic hydroxyl groups excluding tert-OH is 1. The molecule has 0 amide bonds. The molecule has 1 fully saturated rings. The molecule has 3 rings (SSSR count). The SMILES string of the molecule is CCc1cnc2c(N[C@H]3CCNC3)cc(N[C@@H](CC)[C@@H](C)O)nn12. The van der Waals surface area contributed by atoms with Gasteiger partial charge in [0, 0.05) is 18.7 Å². The molecule has 0 unspecified atom stereocenters. The molecule has 4 N–H and O–H groups in total. The highest BCUT2D eigenvalue weighted by Gasteiger charge is 2.19. The average Bonchev–Trinajstić information content (AvgIpc) is 3.21. The van der Waals surface area contributed by atoms with E-state index >= 15 is 0 Å². The van der Waals surface area contributed by atoms with Crippen molar-refractivity contribution in [2.45, 2.75) is 58.2 Å². The monoisotopic (exact) mass is 332 g/mol. The zero-order valence-electron chi connectivity index (χ0n) is 14.7. The fraction of sp³-hybridized carbons (Fsp3) is 0.647. The Bertz CT molecular complexity index is 677. The van der Waals surface area contributed by atoms with Crippen LogP contribution in [-0.2, 0) is 6.42 Å². The normalized spacial score (nSPS) is 20.2. The van der Waals surface area contributed by atoms with Gasteiger partial charge in [0.15, 0.2) is 5.65 Å². The third kappa shape index (κ3) is 3.47. The van der Waals surface area contributed by atoms with Gasteiger partial charge < -0.3 is 21.1 Å². The van der Waals surface area contributed by atoms with Gasteiger partial charge in [0.2, 0.25) is 0 Å². The first kappa shape index (κ1) is 17.0. The zero-order chi connectivity index (χ0) is 17.1. The molecule has 0 aliphatic carbocycles. The third-order valence-electron chi connectivity index (χ3n) is 4.68. The number of anilines is 2. The van der Waals surface area contributed by atoms with Crippen LogP contribution in [0.4, 0.5) is 11.5 Å². The van der Waals surface area contributed by atoms with Crippen LogP contribution in [0, 0.1) is 0 Å². The molecule has 7 heteroatoms. The fourth-order valence-electron chi connectivity index (χ4n) is 3.18. The minimum atomic E-state index is -0.434. The number of aryl methyl sites for hydroxylation is 1. The van der Waals surface area contributed by atoms with Gasteiger partial charge in [-0.3, -0.25) is 0 Å². The van der Waals surface area contributed by atoms with E-state index in [0.717, 1.165) is 55.2 Å². The largest absolute Gasteiger partial charge is 0.391 e. The lowest BCUT2D eigenvalue weighted by Gasteiger charge is -2.21. The molecule has 0 aromatic carbocycles. The van der Waals surface area contributed by atoms with Crippen LogP contribution in [0.3, 0.4) is 0 Å². The number of nitrogens with zero attached hydrogens (tertiary/aromatic N) is 3. The summed E-state index contributed by atoms with van der Waals surface area (Å²) in [6.07, 6.45) is 4.25. The summed E-state index contributed by atoms with van der Waals surface area (Å²) in [4.78, 5) is 4.55.